The molecule has 0 saturated carbocycles. The molecule has 1 unspecified atom stereocenters. The lowest BCUT2D eigenvalue weighted by Crippen LogP contribution is -2.39. The fraction of sp³-hybridized carbons (Fsp3) is 0.625. The highest BCUT2D eigenvalue weighted by Gasteiger charge is 2.33. The predicted molar refractivity (Wildman–Crippen MR) is 92.1 cm³/mol. The number of alkyl halides is 3. The normalized spacial score (nSPS) is 24.4. The average Bonchev–Trinajstić information content (AvgIpc) is 2.98. The molecule has 0 aliphatic carbocycles. The number of hydrogen-bond donors (Lipinski definition) is 0. The molecule has 0 radical (unpaired) electrons. The Bertz CT molecular complexity index is 686. The molecule has 0 spiro atoms. The summed E-state index contributed by atoms with van der Waals surface area (Å²) in [7, 11) is -3.76. The summed E-state index contributed by atoms with van der Waals surface area (Å²) in [5.74, 6) is 2.24. The molecule has 2 saturated heterocycles. The highest BCUT2D eigenvalue weighted by molar-refractivity contribution is 7.99. The molecule has 2 aliphatic rings. The smallest absolute Gasteiger partial charge is 0.298 e. The zero-order chi connectivity index (χ0) is 18.1. The molecule has 1 aromatic carbocycles. The van der Waals surface area contributed by atoms with Crippen LogP contribution >= 0.6 is 11.8 Å². The van der Waals surface area contributed by atoms with Crippen LogP contribution in [0.3, 0.4) is 0 Å². The van der Waals surface area contributed by atoms with Gasteiger partial charge in [-0.15, -0.1) is 0 Å². The molecule has 9 heteroatoms. The molecule has 2 fully saturated rings. The van der Waals surface area contributed by atoms with Gasteiger partial charge in [0.1, 0.15) is 0 Å². The summed E-state index contributed by atoms with van der Waals surface area (Å²) in [6.45, 7) is 2.32. The number of hydrogen-bond acceptors (Lipinski definition) is 4. The van der Waals surface area contributed by atoms with Gasteiger partial charge in [0.15, 0.2) is 0 Å². The number of thioether (sulfide) groups is 1. The van der Waals surface area contributed by atoms with E-state index in [0.29, 0.717) is 25.7 Å². The molecule has 0 N–H and O–H groups in total. The molecule has 1 aromatic rings. The molecular formula is C16H21F3N2O2S2. The van der Waals surface area contributed by atoms with Gasteiger partial charge in [-0.05, 0) is 49.4 Å². The van der Waals surface area contributed by atoms with E-state index >= 15 is 0 Å². The van der Waals surface area contributed by atoms with Gasteiger partial charge in [0.2, 0.25) is 10.0 Å². The standard InChI is InChI=1S/C16H21F3N2O2S2/c17-16(18,19)13-2-4-15(5-3-13)25(22,23)21-8-1-7-20(9-10-21)14-6-11-24-12-14/h2-5,14H,1,6-12H2. The molecule has 0 bridgehead atoms. The number of rotatable bonds is 3. The third-order valence-corrected chi connectivity index (χ3v) is 7.79. The third-order valence-electron chi connectivity index (χ3n) is 4.73. The van der Waals surface area contributed by atoms with E-state index in [2.05, 4.69) is 4.90 Å². The Balaban J connectivity index is 1.71. The van der Waals surface area contributed by atoms with Crippen molar-refractivity contribution in [2.24, 2.45) is 0 Å². The lowest BCUT2D eigenvalue weighted by Gasteiger charge is -2.26. The van der Waals surface area contributed by atoms with E-state index in [1.165, 1.54) is 4.31 Å². The molecule has 25 heavy (non-hydrogen) atoms. The first-order valence-electron chi connectivity index (χ1n) is 8.28. The van der Waals surface area contributed by atoms with Crippen LogP contribution in [0.5, 0.6) is 0 Å². The van der Waals surface area contributed by atoms with Gasteiger partial charge in [0.25, 0.3) is 0 Å². The zero-order valence-electron chi connectivity index (χ0n) is 13.7. The summed E-state index contributed by atoms with van der Waals surface area (Å²) in [6.07, 6.45) is -2.60. The molecule has 2 aliphatic heterocycles. The van der Waals surface area contributed by atoms with Gasteiger partial charge < -0.3 is 0 Å². The highest BCUT2D eigenvalue weighted by Crippen LogP contribution is 2.30. The van der Waals surface area contributed by atoms with Crippen molar-refractivity contribution in [1.82, 2.24) is 9.21 Å². The van der Waals surface area contributed by atoms with Crippen molar-refractivity contribution >= 4 is 21.8 Å². The summed E-state index contributed by atoms with van der Waals surface area (Å²) in [5.41, 5.74) is -0.841. The molecule has 3 rings (SSSR count). The van der Waals surface area contributed by atoms with Gasteiger partial charge in [-0.25, -0.2) is 8.42 Å². The third kappa shape index (κ3) is 4.32. The van der Waals surface area contributed by atoms with Gasteiger partial charge in [0, 0.05) is 31.4 Å². The number of sulfonamides is 1. The Hall–Kier alpha value is -0.770. The number of benzene rings is 1. The SMILES string of the molecule is O=S(=O)(c1ccc(C(F)(F)F)cc1)N1CCCN(C2CCSC2)CC1. The first-order valence-corrected chi connectivity index (χ1v) is 10.9. The van der Waals surface area contributed by atoms with Crippen LogP contribution in [-0.4, -0.2) is 61.3 Å². The van der Waals surface area contributed by atoms with Gasteiger partial charge in [-0.2, -0.15) is 29.2 Å². The Labute approximate surface area is 150 Å². The molecule has 4 nitrogen and oxygen atoms in total. The highest BCUT2D eigenvalue weighted by atomic mass is 32.2. The van der Waals surface area contributed by atoms with Crippen LogP contribution in [0, 0.1) is 0 Å². The molecule has 1 atom stereocenters. The molecule has 2 heterocycles. The first-order chi connectivity index (χ1) is 11.8. The molecule has 0 aromatic heterocycles. The van der Waals surface area contributed by atoms with Crippen molar-refractivity contribution in [3.05, 3.63) is 29.8 Å². The van der Waals surface area contributed by atoms with E-state index in [9.17, 15) is 21.6 Å². The Morgan fingerprint density at radius 3 is 2.36 bits per heavy atom. The Morgan fingerprint density at radius 1 is 1.04 bits per heavy atom. The van der Waals surface area contributed by atoms with Crippen LogP contribution in [-0.2, 0) is 16.2 Å². The van der Waals surface area contributed by atoms with Gasteiger partial charge in [0.05, 0.1) is 10.5 Å². The maximum Gasteiger partial charge on any atom is 0.416 e. The number of nitrogens with zero attached hydrogens (tertiary/aromatic N) is 2. The quantitative estimate of drug-likeness (QED) is 0.791. The maximum atomic E-state index is 12.8. The fourth-order valence-corrected chi connectivity index (χ4v) is 6.02. The predicted octanol–water partition coefficient (Wildman–Crippen LogP) is 2.91. The average molecular weight is 394 g/mol. The summed E-state index contributed by atoms with van der Waals surface area (Å²) in [4.78, 5) is 2.27. The van der Waals surface area contributed by atoms with E-state index in [1.807, 2.05) is 11.8 Å². The van der Waals surface area contributed by atoms with Gasteiger partial charge >= 0.3 is 6.18 Å². The fourth-order valence-electron chi connectivity index (χ4n) is 3.29. The molecule has 140 valence electrons. The lowest BCUT2D eigenvalue weighted by molar-refractivity contribution is -0.137. The van der Waals surface area contributed by atoms with Crippen LogP contribution in [0.2, 0.25) is 0 Å². The van der Waals surface area contributed by atoms with E-state index in [0.717, 1.165) is 55.2 Å². The van der Waals surface area contributed by atoms with Crippen molar-refractivity contribution in [2.45, 2.75) is 30.0 Å². The van der Waals surface area contributed by atoms with E-state index in [4.69, 9.17) is 0 Å². The van der Waals surface area contributed by atoms with E-state index < -0.39 is 21.8 Å². The van der Waals surface area contributed by atoms with Crippen LogP contribution in [0.4, 0.5) is 13.2 Å². The largest absolute Gasteiger partial charge is 0.416 e. The topological polar surface area (TPSA) is 40.6 Å². The second-order valence-corrected chi connectivity index (χ2v) is 9.42. The summed E-state index contributed by atoms with van der Waals surface area (Å²) in [6, 6.07) is 4.27. The minimum absolute atomic E-state index is 0.0784. The summed E-state index contributed by atoms with van der Waals surface area (Å²) in [5, 5.41) is 0. The summed E-state index contributed by atoms with van der Waals surface area (Å²) >= 11 is 1.92. The van der Waals surface area contributed by atoms with E-state index in [1.54, 1.807) is 0 Å². The minimum Gasteiger partial charge on any atom is -0.298 e. The first kappa shape index (κ1) is 19.0. The second kappa shape index (κ2) is 7.46. The monoisotopic (exact) mass is 394 g/mol. The molecule has 0 amide bonds. The van der Waals surface area contributed by atoms with Crippen molar-refractivity contribution in [2.75, 3.05) is 37.7 Å². The van der Waals surface area contributed by atoms with Crippen LogP contribution in [0.25, 0.3) is 0 Å². The van der Waals surface area contributed by atoms with Crippen LogP contribution < -0.4 is 0 Å². The van der Waals surface area contributed by atoms with Crippen molar-refractivity contribution in [3.8, 4) is 0 Å². The van der Waals surface area contributed by atoms with Gasteiger partial charge in [-0.1, -0.05) is 0 Å². The van der Waals surface area contributed by atoms with E-state index in [-0.39, 0.29) is 4.90 Å². The zero-order valence-corrected chi connectivity index (χ0v) is 15.3. The minimum atomic E-state index is -4.47. The Kier molecular flexibility index (Phi) is 5.67. The van der Waals surface area contributed by atoms with Crippen LogP contribution in [0.1, 0.15) is 18.4 Å². The second-order valence-electron chi connectivity index (χ2n) is 6.33. The van der Waals surface area contributed by atoms with Gasteiger partial charge in [-0.3, -0.25) is 4.90 Å². The number of halogens is 3. The Morgan fingerprint density at radius 2 is 1.76 bits per heavy atom. The van der Waals surface area contributed by atoms with Crippen molar-refractivity contribution < 1.29 is 21.6 Å². The lowest BCUT2D eigenvalue weighted by atomic mass is 10.2. The van der Waals surface area contributed by atoms with Crippen molar-refractivity contribution in [1.29, 1.82) is 0 Å². The summed E-state index contributed by atoms with van der Waals surface area (Å²) < 4.78 is 64.8. The molecular weight excluding hydrogens is 373 g/mol. The maximum absolute atomic E-state index is 12.8. The van der Waals surface area contributed by atoms with Crippen molar-refractivity contribution in [3.63, 3.8) is 0 Å². The van der Waals surface area contributed by atoms with Crippen LogP contribution in [0.15, 0.2) is 29.2 Å².